The van der Waals surface area contributed by atoms with E-state index in [1.165, 1.54) is 6.92 Å². The normalized spacial score (nSPS) is 13.5. The lowest BCUT2D eigenvalue weighted by Crippen LogP contribution is -2.26. The molecule has 1 atom stereocenters. The fourth-order valence-electron chi connectivity index (χ4n) is 1.22. The molecule has 1 aromatic rings. The third kappa shape index (κ3) is 2.89. The SMILES string of the molecule is CC(=O)c1sc(C(N)C(C)(C)C)nc1C(=O)O. The number of rotatable bonds is 3. The summed E-state index contributed by atoms with van der Waals surface area (Å²) in [6.45, 7) is 7.14. The van der Waals surface area contributed by atoms with Crippen molar-refractivity contribution in [2.24, 2.45) is 11.1 Å². The van der Waals surface area contributed by atoms with Gasteiger partial charge in [0.25, 0.3) is 0 Å². The highest BCUT2D eigenvalue weighted by Gasteiger charge is 2.29. The van der Waals surface area contributed by atoms with Crippen molar-refractivity contribution in [1.82, 2.24) is 4.98 Å². The summed E-state index contributed by atoms with van der Waals surface area (Å²) in [7, 11) is 0. The Morgan fingerprint density at radius 3 is 2.24 bits per heavy atom. The van der Waals surface area contributed by atoms with Crippen molar-refractivity contribution in [2.75, 3.05) is 0 Å². The molecular formula is C11H16N2O3S. The largest absolute Gasteiger partial charge is 0.476 e. The van der Waals surface area contributed by atoms with Gasteiger partial charge in [-0.15, -0.1) is 11.3 Å². The summed E-state index contributed by atoms with van der Waals surface area (Å²) in [4.78, 5) is 26.4. The molecule has 0 aliphatic heterocycles. The molecule has 0 spiro atoms. The number of nitrogens with zero attached hydrogens (tertiary/aromatic N) is 1. The molecule has 1 aromatic heterocycles. The first-order chi connectivity index (χ1) is 7.64. The van der Waals surface area contributed by atoms with E-state index in [9.17, 15) is 9.59 Å². The second-order valence-electron chi connectivity index (χ2n) is 4.93. The van der Waals surface area contributed by atoms with Crippen LogP contribution in [0.2, 0.25) is 0 Å². The van der Waals surface area contributed by atoms with Crippen LogP contribution in [-0.4, -0.2) is 21.8 Å². The van der Waals surface area contributed by atoms with Gasteiger partial charge >= 0.3 is 5.97 Å². The highest BCUT2D eigenvalue weighted by molar-refractivity contribution is 7.14. The Bertz CT molecular complexity index is 428. The Morgan fingerprint density at radius 2 is 1.94 bits per heavy atom. The lowest BCUT2D eigenvalue weighted by Gasteiger charge is -2.24. The molecule has 0 amide bonds. The van der Waals surface area contributed by atoms with Crippen LogP contribution in [0.3, 0.4) is 0 Å². The molecule has 94 valence electrons. The Balaban J connectivity index is 3.26. The first-order valence-corrected chi connectivity index (χ1v) is 5.96. The Labute approximate surface area is 104 Å². The fourth-order valence-corrected chi connectivity index (χ4v) is 2.42. The molecule has 0 aliphatic rings. The molecule has 0 aliphatic carbocycles. The average Bonchev–Trinajstić information content (AvgIpc) is 2.59. The Morgan fingerprint density at radius 1 is 1.41 bits per heavy atom. The summed E-state index contributed by atoms with van der Waals surface area (Å²) in [5.41, 5.74) is 5.57. The van der Waals surface area contributed by atoms with E-state index < -0.39 is 12.0 Å². The van der Waals surface area contributed by atoms with Gasteiger partial charge in [0.2, 0.25) is 0 Å². The number of aromatic nitrogens is 1. The minimum Gasteiger partial charge on any atom is -0.476 e. The number of carbonyl (C=O) groups is 2. The summed E-state index contributed by atoms with van der Waals surface area (Å²) in [5.74, 6) is -1.49. The second-order valence-corrected chi connectivity index (χ2v) is 5.97. The zero-order chi connectivity index (χ0) is 13.4. The minimum absolute atomic E-state index is 0.159. The van der Waals surface area contributed by atoms with Gasteiger partial charge in [-0.2, -0.15) is 0 Å². The number of ketones is 1. The summed E-state index contributed by atoms with van der Waals surface area (Å²) in [6, 6.07) is -0.390. The second kappa shape index (κ2) is 4.54. The van der Waals surface area contributed by atoms with E-state index in [0.29, 0.717) is 5.01 Å². The van der Waals surface area contributed by atoms with Gasteiger partial charge in [0.15, 0.2) is 11.5 Å². The predicted octanol–water partition coefficient (Wildman–Crippen LogP) is 2.09. The monoisotopic (exact) mass is 256 g/mol. The first kappa shape index (κ1) is 13.8. The molecule has 6 heteroatoms. The maximum absolute atomic E-state index is 11.3. The smallest absolute Gasteiger partial charge is 0.356 e. The fraction of sp³-hybridized carbons (Fsp3) is 0.545. The summed E-state index contributed by atoms with van der Waals surface area (Å²) < 4.78 is 0. The Kier molecular flexibility index (Phi) is 3.68. The van der Waals surface area contributed by atoms with E-state index in [0.717, 1.165) is 11.3 Å². The number of hydrogen-bond donors (Lipinski definition) is 2. The number of carboxylic acid groups (broad SMARTS) is 1. The quantitative estimate of drug-likeness (QED) is 0.808. The number of thiazole rings is 1. The van der Waals surface area contributed by atoms with Crippen molar-refractivity contribution in [3.05, 3.63) is 15.6 Å². The van der Waals surface area contributed by atoms with Gasteiger partial charge in [0.1, 0.15) is 9.88 Å². The molecule has 1 unspecified atom stereocenters. The van der Waals surface area contributed by atoms with Crippen LogP contribution in [0.1, 0.15) is 58.9 Å². The minimum atomic E-state index is -1.20. The summed E-state index contributed by atoms with van der Waals surface area (Å²) in [5, 5.41) is 9.45. The van der Waals surface area contributed by atoms with Gasteiger partial charge in [0.05, 0.1) is 6.04 Å². The zero-order valence-electron chi connectivity index (χ0n) is 10.3. The van der Waals surface area contributed by atoms with Crippen molar-refractivity contribution >= 4 is 23.1 Å². The van der Waals surface area contributed by atoms with Crippen LogP contribution in [0.15, 0.2) is 0 Å². The van der Waals surface area contributed by atoms with Crippen LogP contribution in [0.25, 0.3) is 0 Å². The highest BCUT2D eigenvalue weighted by atomic mass is 32.1. The third-order valence-electron chi connectivity index (χ3n) is 2.37. The van der Waals surface area contributed by atoms with Crippen LogP contribution >= 0.6 is 11.3 Å². The molecule has 0 saturated carbocycles. The van der Waals surface area contributed by atoms with E-state index in [1.807, 2.05) is 20.8 Å². The molecule has 5 nitrogen and oxygen atoms in total. The van der Waals surface area contributed by atoms with Gasteiger partial charge < -0.3 is 10.8 Å². The van der Waals surface area contributed by atoms with Crippen LogP contribution in [0.5, 0.6) is 0 Å². The lowest BCUT2D eigenvalue weighted by molar-refractivity contribution is 0.0686. The molecule has 0 radical (unpaired) electrons. The van der Waals surface area contributed by atoms with E-state index in [2.05, 4.69) is 4.98 Å². The highest BCUT2D eigenvalue weighted by Crippen LogP contribution is 2.34. The number of nitrogens with two attached hydrogens (primary N) is 1. The van der Waals surface area contributed by atoms with Crippen LogP contribution in [0.4, 0.5) is 0 Å². The van der Waals surface area contributed by atoms with Crippen LogP contribution in [0, 0.1) is 5.41 Å². The molecule has 1 heterocycles. The molecule has 1 rings (SSSR count). The Hall–Kier alpha value is -1.27. The standard InChI is InChI=1S/C11H16N2O3S/c1-5(14)7-6(10(15)16)13-9(17-7)8(12)11(2,3)4/h8H,12H2,1-4H3,(H,15,16). The van der Waals surface area contributed by atoms with Gasteiger partial charge in [0, 0.05) is 6.92 Å². The topological polar surface area (TPSA) is 93.3 Å². The van der Waals surface area contributed by atoms with Crippen molar-refractivity contribution in [3.8, 4) is 0 Å². The molecular weight excluding hydrogens is 240 g/mol. The molecule has 17 heavy (non-hydrogen) atoms. The number of carbonyl (C=O) groups excluding carboxylic acids is 1. The average molecular weight is 256 g/mol. The molecule has 0 fully saturated rings. The molecule has 0 saturated heterocycles. The summed E-state index contributed by atoms with van der Waals surface area (Å²) in [6.07, 6.45) is 0. The first-order valence-electron chi connectivity index (χ1n) is 5.15. The van der Waals surface area contributed by atoms with Gasteiger partial charge in [-0.25, -0.2) is 9.78 Å². The van der Waals surface area contributed by atoms with Crippen LogP contribution < -0.4 is 5.73 Å². The van der Waals surface area contributed by atoms with E-state index in [1.54, 1.807) is 0 Å². The number of hydrogen-bond acceptors (Lipinski definition) is 5. The molecule has 3 N–H and O–H groups in total. The lowest BCUT2D eigenvalue weighted by atomic mass is 9.88. The van der Waals surface area contributed by atoms with Crippen LogP contribution in [-0.2, 0) is 0 Å². The maximum Gasteiger partial charge on any atom is 0.356 e. The van der Waals surface area contributed by atoms with E-state index >= 15 is 0 Å². The van der Waals surface area contributed by atoms with Crippen molar-refractivity contribution < 1.29 is 14.7 Å². The summed E-state index contributed by atoms with van der Waals surface area (Å²) >= 11 is 1.06. The number of Topliss-reactive ketones (excluding diaryl/α,β-unsaturated/α-hetero) is 1. The predicted molar refractivity (Wildman–Crippen MR) is 65.5 cm³/mol. The van der Waals surface area contributed by atoms with Gasteiger partial charge in [-0.05, 0) is 5.41 Å². The van der Waals surface area contributed by atoms with Gasteiger partial charge in [-0.1, -0.05) is 20.8 Å². The molecule has 0 bridgehead atoms. The maximum atomic E-state index is 11.3. The van der Waals surface area contributed by atoms with E-state index in [4.69, 9.17) is 10.8 Å². The third-order valence-corrected chi connectivity index (χ3v) is 3.60. The van der Waals surface area contributed by atoms with E-state index in [-0.39, 0.29) is 21.8 Å². The van der Waals surface area contributed by atoms with Crippen molar-refractivity contribution in [3.63, 3.8) is 0 Å². The number of carboxylic acids is 1. The van der Waals surface area contributed by atoms with Crippen molar-refractivity contribution in [2.45, 2.75) is 33.7 Å². The zero-order valence-corrected chi connectivity index (χ0v) is 11.1. The van der Waals surface area contributed by atoms with Gasteiger partial charge in [-0.3, -0.25) is 4.79 Å². The van der Waals surface area contributed by atoms with Crippen molar-refractivity contribution in [1.29, 1.82) is 0 Å². The molecule has 0 aromatic carbocycles. The number of aromatic carboxylic acids is 1.